The van der Waals surface area contributed by atoms with Gasteiger partial charge >= 0.3 is 0 Å². The van der Waals surface area contributed by atoms with E-state index in [0.717, 1.165) is 0 Å². The highest BCUT2D eigenvalue weighted by atomic mass is 35.5. The predicted octanol–water partition coefficient (Wildman–Crippen LogP) is -0.0700. The number of nitrogens with one attached hydrogen (secondary N) is 1. The lowest BCUT2D eigenvalue weighted by Gasteiger charge is -2.18. The Morgan fingerprint density at radius 3 is 2.27 bits per heavy atom. The van der Waals surface area contributed by atoms with Gasteiger partial charge in [-0.2, -0.15) is 17.4 Å². The van der Waals surface area contributed by atoms with Crippen molar-refractivity contribution in [1.29, 1.82) is 0 Å². The van der Waals surface area contributed by atoms with Crippen molar-refractivity contribution < 1.29 is 8.42 Å². The topological polar surface area (TPSA) is 75.4 Å². The Kier molecular flexibility index (Phi) is 5.49. The van der Waals surface area contributed by atoms with Crippen LogP contribution in [-0.4, -0.2) is 37.9 Å². The molecule has 3 N–H and O–H groups in total. The lowest BCUT2D eigenvalue weighted by molar-refractivity contribution is 0.447. The molecule has 0 spiro atoms. The van der Waals surface area contributed by atoms with Crippen molar-refractivity contribution in [2.24, 2.45) is 11.7 Å². The fraction of sp³-hybridized carbons (Fsp3) is 1.00. The predicted molar refractivity (Wildman–Crippen MR) is 63.2 cm³/mol. The van der Waals surface area contributed by atoms with E-state index >= 15 is 0 Å². The molecule has 92 valence electrons. The molecule has 1 heterocycles. The fourth-order valence-corrected chi connectivity index (χ4v) is 3.06. The van der Waals surface area contributed by atoms with Crippen LogP contribution in [-0.2, 0) is 10.2 Å². The van der Waals surface area contributed by atoms with Gasteiger partial charge in [-0.3, -0.25) is 0 Å². The van der Waals surface area contributed by atoms with Crippen molar-refractivity contribution in [3.05, 3.63) is 0 Å². The van der Waals surface area contributed by atoms with E-state index in [2.05, 4.69) is 4.72 Å². The molecule has 0 saturated carbocycles. The highest BCUT2D eigenvalue weighted by Crippen LogP contribution is 2.17. The van der Waals surface area contributed by atoms with Crippen LogP contribution in [0.5, 0.6) is 0 Å². The summed E-state index contributed by atoms with van der Waals surface area (Å²) < 4.78 is 27.4. The molecule has 7 heteroatoms. The molecule has 0 aromatic carbocycles. The molecule has 1 aliphatic heterocycles. The van der Waals surface area contributed by atoms with E-state index in [4.69, 9.17) is 5.73 Å². The standard InChI is InChI=1S/C8H19N3O2S.ClH/c1-6(2)10-14(12,13)11-4-7(3)8(9)5-11;/h6-8,10H,4-5,9H2,1-3H3;1H. The van der Waals surface area contributed by atoms with Crippen LogP contribution < -0.4 is 10.5 Å². The summed E-state index contributed by atoms with van der Waals surface area (Å²) in [5.74, 6) is 0.235. The van der Waals surface area contributed by atoms with Gasteiger partial charge < -0.3 is 5.73 Å². The van der Waals surface area contributed by atoms with Crippen molar-refractivity contribution in [1.82, 2.24) is 9.03 Å². The van der Waals surface area contributed by atoms with E-state index in [1.807, 2.05) is 6.92 Å². The van der Waals surface area contributed by atoms with E-state index in [0.29, 0.717) is 13.1 Å². The fourth-order valence-electron chi connectivity index (χ4n) is 1.51. The average Bonchev–Trinajstić information content (AvgIpc) is 2.30. The number of hydrogen-bond acceptors (Lipinski definition) is 3. The second-order valence-electron chi connectivity index (χ2n) is 4.24. The molecule has 15 heavy (non-hydrogen) atoms. The van der Waals surface area contributed by atoms with Gasteiger partial charge in [0.2, 0.25) is 0 Å². The minimum absolute atomic E-state index is 0. The van der Waals surface area contributed by atoms with Crippen molar-refractivity contribution >= 4 is 22.6 Å². The lowest BCUT2D eigenvalue weighted by atomic mass is 10.1. The molecule has 2 atom stereocenters. The Bertz CT molecular complexity index is 284. The first-order valence-corrected chi connectivity index (χ1v) is 6.30. The summed E-state index contributed by atoms with van der Waals surface area (Å²) in [5, 5.41) is 0. The molecule has 5 nitrogen and oxygen atoms in total. The molecule has 0 bridgehead atoms. The zero-order valence-corrected chi connectivity index (χ0v) is 10.9. The molecule has 0 aromatic rings. The maximum absolute atomic E-state index is 11.7. The van der Waals surface area contributed by atoms with Crippen LogP contribution >= 0.6 is 12.4 Å². The monoisotopic (exact) mass is 257 g/mol. The highest BCUT2D eigenvalue weighted by Gasteiger charge is 2.34. The van der Waals surface area contributed by atoms with Gasteiger partial charge in [-0.05, 0) is 19.8 Å². The molecular weight excluding hydrogens is 238 g/mol. The maximum Gasteiger partial charge on any atom is 0.279 e. The SMILES string of the molecule is CC(C)NS(=O)(=O)N1CC(C)C(N)C1.Cl. The summed E-state index contributed by atoms with van der Waals surface area (Å²) >= 11 is 0. The van der Waals surface area contributed by atoms with Crippen LogP contribution in [0.1, 0.15) is 20.8 Å². The summed E-state index contributed by atoms with van der Waals surface area (Å²) in [7, 11) is -3.32. The third-order valence-corrected chi connectivity index (χ3v) is 4.11. The average molecular weight is 258 g/mol. The summed E-state index contributed by atoms with van der Waals surface area (Å²) in [5.41, 5.74) is 5.76. The van der Waals surface area contributed by atoms with E-state index in [-0.39, 0.29) is 30.4 Å². The normalized spacial score (nSPS) is 28.1. The van der Waals surface area contributed by atoms with Gasteiger partial charge in [0, 0.05) is 25.2 Å². The summed E-state index contributed by atoms with van der Waals surface area (Å²) in [6.07, 6.45) is 0. The van der Waals surface area contributed by atoms with Crippen molar-refractivity contribution in [2.75, 3.05) is 13.1 Å². The van der Waals surface area contributed by atoms with Crippen molar-refractivity contribution in [3.63, 3.8) is 0 Å². The Morgan fingerprint density at radius 1 is 1.40 bits per heavy atom. The molecular formula is C8H20ClN3O2S. The maximum atomic E-state index is 11.7. The molecule has 0 aromatic heterocycles. The molecule has 2 unspecified atom stereocenters. The second kappa shape index (κ2) is 5.45. The number of nitrogens with zero attached hydrogens (tertiary/aromatic N) is 1. The number of hydrogen-bond donors (Lipinski definition) is 2. The summed E-state index contributed by atoms with van der Waals surface area (Å²) in [4.78, 5) is 0. The van der Waals surface area contributed by atoms with Crippen LogP contribution in [0.15, 0.2) is 0 Å². The first-order chi connectivity index (χ1) is 6.33. The van der Waals surface area contributed by atoms with Crippen LogP contribution in [0.4, 0.5) is 0 Å². The molecule has 0 amide bonds. The minimum Gasteiger partial charge on any atom is -0.326 e. The number of rotatable bonds is 3. The van der Waals surface area contributed by atoms with Gasteiger partial charge in [-0.1, -0.05) is 6.92 Å². The molecule has 1 rings (SSSR count). The van der Waals surface area contributed by atoms with Crippen LogP contribution in [0, 0.1) is 5.92 Å². The third-order valence-electron chi connectivity index (χ3n) is 2.36. The zero-order valence-electron chi connectivity index (χ0n) is 9.30. The molecule has 1 aliphatic rings. The highest BCUT2D eigenvalue weighted by molar-refractivity contribution is 7.87. The minimum atomic E-state index is -3.32. The number of nitrogens with two attached hydrogens (primary N) is 1. The molecule has 1 fully saturated rings. The lowest BCUT2D eigenvalue weighted by Crippen LogP contribution is -2.43. The smallest absolute Gasteiger partial charge is 0.279 e. The van der Waals surface area contributed by atoms with E-state index in [1.165, 1.54) is 4.31 Å². The zero-order chi connectivity index (χ0) is 10.9. The second-order valence-corrected chi connectivity index (χ2v) is 5.94. The summed E-state index contributed by atoms with van der Waals surface area (Å²) in [6, 6.07) is -0.120. The Balaban J connectivity index is 0.00000196. The molecule has 0 radical (unpaired) electrons. The van der Waals surface area contributed by atoms with E-state index in [9.17, 15) is 8.42 Å². The van der Waals surface area contributed by atoms with Crippen LogP contribution in [0.3, 0.4) is 0 Å². The van der Waals surface area contributed by atoms with Gasteiger partial charge in [0.05, 0.1) is 0 Å². The Morgan fingerprint density at radius 2 is 1.93 bits per heavy atom. The van der Waals surface area contributed by atoms with Crippen molar-refractivity contribution in [2.45, 2.75) is 32.9 Å². The largest absolute Gasteiger partial charge is 0.326 e. The summed E-state index contributed by atoms with van der Waals surface area (Å²) in [6.45, 7) is 6.51. The Labute approximate surface area is 98.0 Å². The molecule has 1 saturated heterocycles. The molecule has 0 aliphatic carbocycles. The van der Waals surface area contributed by atoms with E-state index < -0.39 is 10.2 Å². The van der Waals surface area contributed by atoms with Gasteiger partial charge in [0.1, 0.15) is 0 Å². The third kappa shape index (κ3) is 3.88. The van der Waals surface area contributed by atoms with Gasteiger partial charge in [0.15, 0.2) is 0 Å². The van der Waals surface area contributed by atoms with Crippen LogP contribution in [0.25, 0.3) is 0 Å². The van der Waals surface area contributed by atoms with E-state index in [1.54, 1.807) is 13.8 Å². The Hall–Kier alpha value is 0.120. The first kappa shape index (κ1) is 15.1. The van der Waals surface area contributed by atoms with Crippen LogP contribution in [0.2, 0.25) is 0 Å². The van der Waals surface area contributed by atoms with Crippen molar-refractivity contribution in [3.8, 4) is 0 Å². The van der Waals surface area contributed by atoms with Gasteiger partial charge in [0.25, 0.3) is 10.2 Å². The van der Waals surface area contributed by atoms with Gasteiger partial charge in [-0.25, -0.2) is 0 Å². The first-order valence-electron chi connectivity index (χ1n) is 4.86. The quantitative estimate of drug-likeness (QED) is 0.743. The van der Waals surface area contributed by atoms with Gasteiger partial charge in [-0.15, -0.1) is 12.4 Å². The number of halogens is 1.